The van der Waals surface area contributed by atoms with Crippen molar-refractivity contribution in [2.45, 2.75) is 59.1 Å². The Kier molecular flexibility index (Phi) is 12.5. The number of nitrogens with one attached hydrogen (secondary N) is 2. The van der Waals surface area contributed by atoms with E-state index in [0.717, 1.165) is 12.8 Å². The fourth-order valence-corrected chi connectivity index (χ4v) is 4.20. The summed E-state index contributed by atoms with van der Waals surface area (Å²) in [5, 5.41) is 6.66. The molecular weight excluding hydrogens is 521 g/mol. The van der Waals surface area contributed by atoms with Crippen LogP contribution in [-0.2, 0) is 14.8 Å². The number of aliphatic imine (C=N–C) groups is 1. The van der Waals surface area contributed by atoms with Gasteiger partial charge in [-0.25, -0.2) is 17.5 Å². The van der Waals surface area contributed by atoms with Crippen LogP contribution in [0.2, 0.25) is 0 Å². The van der Waals surface area contributed by atoms with E-state index in [-0.39, 0.29) is 47.8 Å². The van der Waals surface area contributed by atoms with Gasteiger partial charge in [0.15, 0.2) is 5.96 Å². The summed E-state index contributed by atoms with van der Waals surface area (Å²) in [5.74, 6) is 1.03. The Morgan fingerprint density at radius 3 is 2.33 bits per heavy atom. The lowest BCUT2D eigenvalue weighted by Gasteiger charge is -2.32. The predicted octanol–water partition coefficient (Wildman–Crippen LogP) is 2.09. The van der Waals surface area contributed by atoms with Gasteiger partial charge in [0.1, 0.15) is 5.60 Å². The fourth-order valence-electron chi connectivity index (χ4n) is 3.07. The zero-order valence-corrected chi connectivity index (χ0v) is 22.5. The molecule has 178 valence electrons. The van der Waals surface area contributed by atoms with Crippen LogP contribution in [0.5, 0.6) is 0 Å². The first-order valence-electron chi connectivity index (χ1n) is 10.3. The lowest BCUT2D eigenvalue weighted by molar-refractivity contribution is 0.0278. The highest BCUT2D eigenvalue weighted by Gasteiger charge is 2.27. The van der Waals surface area contributed by atoms with Crippen molar-refractivity contribution in [1.29, 1.82) is 0 Å². The molecule has 1 aliphatic rings. The van der Waals surface area contributed by atoms with E-state index in [1.165, 1.54) is 0 Å². The van der Waals surface area contributed by atoms with Crippen molar-refractivity contribution >= 4 is 46.1 Å². The van der Waals surface area contributed by atoms with Crippen LogP contribution in [0, 0.1) is 5.92 Å². The molecule has 1 saturated heterocycles. The van der Waals surface area contributed by atoms with Crippen molar-refractivity contribution in [1.82, 2.24) is 19.8 Å². The Balaban J connectivity index is 0.00000841. The smallest absolute Gasteiger partial charge is 0.410 e. The van der Waals surface area contributed by atoms with E-state index < -0.39 is 15.6 Å². The normalized spacial score (nSPS) is 17.6. The van der Waals surface area contributed by atoms with Crippen molar-refractivity contribution in [2.75, 3.05) is 46.0 Å². The number of carbonyl (C=O) groups is 1. The molecule has 0 aromatic carbocycles. The third-order valence-corrected chi connectivity index (χ3v) is 6.57. The Morgan fingerprint density at radius 2 is 1.87 bits per heavy atom. The number of hydrogen-bond donors (Lipinski definition) is 2. The lowest BCUT2D eigenvalue weighted by atomic mass is 10.1. The minimum Gasteiger partial charge on any atom is -0.444 e. The van der Waals surface area contributed by atoms with Crippen molar-refractivity contribution in [3.05, 3.63) is 0 Å². The van der Waals surface area contributed by atoms with Gasteiger partial charge in [-0.05, 0) is 46.5 Å². The molecule has 9 nitrogen and oxygen atoms in total. The number of ether oxygens (including phenoxy) is 1. The topological polar surface area (TPSA) is 103 Å². The van der Waals surface area contributed by atoms with E-state index in [0.29, 0.717) is 32.1 Å². The number of amides is 1. The van der Waals surface area contributed by atoms with Crippen molar-refractivity contribution in [3.8, 4) is 0 Å². The van der Waals surface area contributed by atoms with Gasteiger partial charge < -0.3 is 20.3 Å². The van der Waals surface area contributed by atoms with Crippen LogP contribution in [0.4, 0.5) is 4.79 Å². The van der Waals surface area contributed by atoms with Crippen LogP contribution in [0.15, 0.2) is 4.99 Å². The van der Waals surface area contributed by atoms with E-state index in [9.17, 15) is 13.2 Å². The Hall–Kier alpha value is -0.820. The van der Waals surface area contributed by atoms with Gasteiger partial charge in [-0.2, -0.15) is 0 Å². The van der Waals surface area contributed by atoms with Gasteiger partial charge >= 0.3 is 6.09 Å². The molecule has 0 saturated carbocycles. The quantitative estimate of drug-likeness (QED) is 0.281. The van der Waals surface area contributed by atoms with Gasteiger partial charge in [0.05, 0.1) is 5.75 Å². The summed E-state index contributed by atoms with van der Waals surface area (Å²) < 4.78 is 30.9. The summed E-state index contributed by atoms with van der Waals surface area (Å²) in [6, 6.07) is 0.184. The molecule has 0 bridgehead atoms. The maximum Gasteiger partial charge on any atom is 0.410 e. The summed E-state index contributed by atoms with van der Waals surface area (Å²) in [4.78, 5) is 17.9. The van der Waals surface area contributed by atoms with Crippen LogP contribution in [0.1, 0.15) is 47.5 Å². The molecule has 0 aromatic heterocycles. The third kappa shape index (κ3) is 10.5. The Bertz CT molecular complexity index is 658. The molecule has 30 heavy (non-hydrogen) atoms. The molecule has 1 rings (SSSR count). The number of carbonyl (C=O) groups excluding carboxylic acids is 1. The highest BCUT2D eigenvalue weighted by molar-refractivity contribution is 14.0. The number of halogens is 1. The Labute approximate surface area is 199 Å². The Morgan fingerprint density at radius 1 is 1.30 bits per heavy atom. The van der Waals surface area contributed by atoms with Gasteiger partial charge in [-0.1, -0.05) is 6.92 Å². The first kappa shape index (κ1) is 29.2. The summed E-state index contributed by atoms with van der Waals surface area (Å²) in [5.41, 5.74) is -0.509. The van der Waals surface area contributed by atoms with Crippen molar-refractivity contribution in [2.24, 2.45) is 10.9 Å². The number of sulfonamides is 1. The molecule has 1 atom stereocenters. The third-order valence-electron chi connectivity index (χ3n) is 4.69. The second-order valence-corrected chi connectivity index (χ2v) is 10.9. The maximum atomic E-state index is 12.1. The van der Waals surface area contributed by atoms with E-state index >= 15 is 0 Å². The molecule has 1 unspecified atom stereocenters. The predicted molar refractivity (Wildman–Crippen MR) is 132 cm³/mol. The first-order chi connectivity index (χ1) is 13.4. The van der Waals surface area contributed by atoms with Crippen molar-refractivity contribution in [3.63, 3.8) is 0 Å². The van der Waals surface area contributed by atoms with E-state index in [1.54, 1.807) is 30.2 Å². The summed E-state index contributed by atoms with van der Waals surface area (Å²) in [7, 11) is 0.331. The lowest BCUT2D eigenvalue weighted by Crippen LogP contribution is -2.50. The van der Waals surface area contributed by atoms with Gasteiger partial charge in [0.25, 0.3) is 0 Å². The second kappa shape index (κ2) is 12.9. The van der Waals surface area contributed by atoms with Crippen LogP contribution in [-0.4, -0.2) is 87.3 Å². The number of nitrogens with zero attached hydrogens (tertiary/aromatic N) is 3. The zero-order chi connectivity index (χ0) is 22.2. The first-order valence-corrected chi connectivity index (χ1v) is 11.9. The summed E-state index contributed by atoms with van der Waals surface area (Å²) in [6.07, 6.45) is 1.16. The van der Waals surface area contributed by atoms with Crippen LogP contribution >= 0.6 is 24.0 Å². The minimum atomic E-state index is -3.11. The van der Waals surface area contributed by atoms with Gasteiger partial charge in [0.2, 0.25) is 10.0 Å². The summed E-state index contributed by atoms with van der Waals surface area (Å²) in [6.45, 7) is 11.5. The number of piperidine rings is 1. The molecule has 1 heterocycles. The molecule has 11 heteroatoms. The molecule has 0 aromatic rings. The van der Waals surface area contributed by atoms with Gasteiger partial charge in [0, 0.05) is 46.3 Å². The average molecular weight is 562 g/mol. The van der Waals surface area contributed by atoms with E-state index in [4.69, 9.17) is 4.74 Å². The number of hydrogen-bond acceptors (Lipinski definition) is 5. The second-order valence-electron chi connectivity index (χ2n) is 8.64. The zero-order valence-electron chi connectivity index (χ0n) is 19.4. The highest BCUT2D eigenvalue weighted by atomic mass is 127. The molecule has 2 N–H and O–H groups in total. The van der Waals surface area contributed by atoms with Crippen LogP contribution in [0.3, 0.4) is 0 Å². The standard InChI is InChI=1S/C19H39N5O4S.HI/c1-8-29(26,27)24-11-9-16(10-12-24)22-17(20-6)21-13-15(2)14-23(7)18(25)28-19(3,4)5;/h15-16H,8-14H2,1-7H3,(H2,20,21,22);1H. The van der Waals surface area contributed by atoms with Crippen LogP contribution in [0.25, 0.3) is 0 Å². The fraction of sp³-hybridized carbons (Fsp3) is 0.895. The monoisotopic (exact) mass is 561 g/mol. The number of rotatable bonds is 7. The SMILES string of the molecule is CCS(=O)(=O)N1CCC(NC(=NC)NCC(C)CN(C)C(=O)OC(C)(C)C)CC1.I. The molecule has 0 aliphatic carbocycles. The molecular formula is C19H40IN5O4S. The van der Waals surface area contributed by atoms with Gasteiger partial charge in [-0.3, -0.25) is 4.99 Å². The average Bonchev–Trinajstić information content (AvgIpc) is 2.64. The van der Waals surface area contributed by atoms with Crippen LogP contribution < -0.4 is 10.6 Å². The van der Waals surface area contributed by atoms with Gasteiger partial charge in [-0.15, -0.1) is 24.0 Å². The van der Waals surface area contributed by atoms with E-state index in [2.05, 4.69) is 22.5 Å². The number of guanidine groups is 1. The summed E-state index contributed by atoms with van der Waals surface area (Å²) >= 11 is 0. The highest BCUT2D eigenvalue weighted by Crippen LogP contribution is 2.14. The molecule has 1 fully saturated rings. The molecule has 0 spiro atoms. The van der Waals surface area contributed by atoms with E-state index in [1.807, 2.05) is 20.8 Å². The molecule has 1 aliphatic heterocycles. The minimum absolute atomic E-state index is 0. The molecule has 1 amide bonds. The maximum absolute atomic E-state index is 12.1. The molecule has 0 radical (unpaired) electrons. The largest absolute Gasteiger partial charge is 0.444 e. The van der Waals surface area contributed by atoms with Crippen molar-refractivity contribution < 1.29 is 17.9 Å².